The molecule has 4 heterocycles. The minimum atomic E-state index is 0.260. The van der Waals surface area contributed by atoms with Gasteiger partial charge in [-0.1, -0.05) is 0 Å². The van der Waals surface area contributed by atoms with E-state index in [-0.39, 0.29) is 6.04 Å². The second-order valence-electron chi connectivity index (χ2n) is 9.83. The number of hydrogen-bond acceptors (Lipinski definition) is 7. The van der Waals surface area contributed by atoms with Crippen molar-refractivity contribution in [3.8, 4) is 11.3 Å². The molecule has 8 heteroatoms. The van der Waals surface area contributed by atoms with Gasteiger partial charge in [0.15, 0.2) is 0 Å². The van der Waals surface area contributed by atoms with Crippen LogP contribution in [0.1, 0.15) is 39.3 Å². The zero-order valence-corrected chi connectivity index (χ0v) is 21.2. The number of nitrogens with one attached hydrogen (secondary N) is 1. The lowest BCUT2D eigenvalue weighted by atomic mass is 10.1. The highest BCUT2D eigenvalue weighted by Crippen LogP contribution is 2.27. The van der Waals surface area contributed by atoms with Gasteiger partial charge in [-0.15, -0.1) is 0 Å². The van der Waals surface area contributed by atoms with Gasteiger partial charge < -0.3 is 10.2 Å². The predicted octanol–water partition coefficient (Wildman–Crippen LogP) is 5.05. The molecule has 0 unspecified atom stereocenters. The van der Waals surface area contributed by atoms with Crippen LogP contribution in [0, 0.1) is 6.92 Å². The average molecular weight is 471 g/mol. The van der Waals surface area contributed by atoms with Crippen molar-refractivity contribution in [3.05, 3.63) is 54.5 Å². The molecule has 5 rings (SSSR count). The normalized spacial score (nSPS) is 14.9. The number of aromatic nitrogens is 5. The fourth-order valence-electron chi connectivity index (χ4n) is 4.64. The first-order chi connectivity index (χ1) is 16.9. The van der Waals surface area contributed by atoms with Gasteiger partial charge in [0.1, 0.15) is 5.52 Å². The van der Waals surface area contributed by atoms with E-state index in [9.17, 15) is 0 Å². The van der Waals surface area contributed by atoms with Gasteiger partial charge in [0, 0.05) is 67.6 Å². The van der Waals surface area contributed by atoms with E-state index in [0.717, 1.165) is 59.7 Å². The lowest BCUT2D eigenvalue weighted by molar-refractivity contribution is 0.209. The third kappa shape index (κ3) is 4.84. The van der Waals surface area contributed by atoms with Gasteiger partial charge in [0.2, 0.25) is 5.95 Å². The molecular weight excluding hydrogens is 436 g/mol. The summed E-state index contributed by atoms with van der Waals surface area (Å²) in [4.78, 5) is 18.9. The standard InChI is InChI=1S/C27H34N8/c1-18(2)33-10-12-34(13-11-33)23-8-6-22(7-9-23)31-27-29-15-20(5)26(32-27)21-14-25-24(28-16-21)17-30-35(25)19(3)4/h6-9,14-19H,10-13H2,1-5H3,(H,29,31,32). The van der Waals surface area contributed by atoms with E-state index >= 15 is 0 Å². The maximum absolute atomic E-state index is 4.83. The lowest BCUT2D eigenvalue weighted by Crippen LogP contribution is -2.48. The van der Waals surface area contributed by atoms with Crippen LogP contribution in [0.25, 0.3) is 22.3 Å². The van der Waals surface area contributed by atoms with Crippen LogP contribution < -0.4 is 10.2 Å². The van der Waals surface area contributed by atoms with Gasteiger partial charge in [-0.25, -0.2) is 9.97 Å². The highest BCUT2D eigenvalue weighted by atomic mass is 15.3. The number of hydrogen-bond donors (Lipinski definition) is 1. The molecule has 0 bridgehead atoms. The number of benzene rings is 1. The number of fused-ring (bicyclic) bond motifs is 1. The number of anilines is 3. The van der Waals surface area contributed by atoms with E-state index < -0.39 is 0 Å². The SMILES string of the molecule is Cc1cnc(Nc2ccc(N3CCN(C(C)C)CC3)cc2)nc1-c1cnc2cnn(C(C)C)c2c1. The Balaban J connectivity index is 1.33. The van der Waals surface area contributed by atoms with Crippen LogP contribution in [-0.2, 0) is 0 Å². The molecule has 0 amide bonds. The zero-order chi connectivity index (χ0) is 24.5. The number of aryl methyl sites for hydroxylation is 1. The number of piperazine rings is 1. The highest BCUT2D eigenvalue weighted by Gasteiger charge is 2.19. The molecule has 1 N–H and O–H groups in total. The third-order valence-electron chi connectivity index (χ3n) is 6.72. The number of rotatable bonds is 6. The van der Waals surface area contributed by atoms with Gasteiger partial charge in [-0.05, 0) is 70.5 Å². The van der Waals surface area contributed by atoms with E-state index in [2.05, 4.69) is 88.2 Å². The maximum Gasteiger partial charge on any atom is 0.227 e. The first-order valence-corrected chi connectivity index (χ1v) is 12.4. The van der Waals surface area contributed by atoms with Gasteiger partial charge in [-0.3, -0.25) is 14.6 Å². The second-order valence-corrected chi connectivity index (χ2v) is 9.83. The lowest BCUT2D eigenvalue weighted by Gasteiger charge is -2.38. The molecule has 4 aromatic rings. The smallest absolute Gasteiger partial charge is 0.227 e. The van der Waals surface area contributed by atoms with Crippen LogP contribution in [0.5, 0.6) is 0 Å². The van der Waals surface area contributed by atoms with Crippen LogP contribution in [0.15, 0.2) is 48.9 Å². The van der Waals surface area contributed by atoms with Crippen LogP contribution in [0.2, 0.25) is 0 Å². The molecule has 1 aromatic carbocycles. The average Bonchev–Trinajstić information content (AvgIpc) is 3.29. The molecule has 3 aromatic heterocycles. The fraction of sp³-hybridized carbons (Fsp3) is 0.407. The Bertz CT molecular complexity index is 1300. The predicted molar refractivity (Wildman–Crippen MR) is 142 cm³/mol. The summed E-state index contributed by atoms with van der Waals surface area (Å²) < 4.78 is 1.99. The summed E-state index contributed by atoms with van der Waals surface area (Å²) in [5.74, 6) is 0.571. The van der Waals surface area contributed by atoms with E-state index in [1.807, 2.05) is 30.2 Å². The Kier molecular flexibility index (Phi) is 6.38. The minimum absolute atomic E-state index is 0.260. The van der Waals surface area contributed by atoms with Crippen molar-refractivity contribution >= 4 is 28.4 Å². The molecule has 0 radical (unpaired) electrons. The third-order valence-corrected chi connectivity index (χ3v) is 6.72. The van der Waals surface area contributed by atoms with E-state index in [4.69, 9.17) is 4.98 Å². The van der Waals surface area contributed by atoms with Gasteiger partial charge in [0.25, 0.3) is 0 Å². The Morgan fingerprint density at radius 2 is 1.60 bits per heavy atom. The fourth-order valence-corrected chi connectivity index (χ4v) is 4.64. The second kappa shape index (κ2) is 9.62. The molecule has 1 aliphatic heterocycles. The van der Waals surface area contributed by atoms with Crippen LogP contribution in [0.4, 0.5) is 17.3 Å². The first kappa shape index (κ1) is 23.2. The monoisotopic (exact) mass is 470 g/mol. The number of nitrogens with zero attached hydrogens (tertiary/aromatic N) is 7. The molecule has 0 aliphatic carbocycles. The summed E-state index contributed by atoms with van der Waals surface area (Å²) in [6, 6.07) is 11.5. The van der Waals surface area contributed by atoms with Gasteiger partial charge in [0.05, 0.1) is 17.4 Å². The van der Waals surface area contributed by atoms with Crippen molar-refractivity contribution in [2.45, 2.75) is 46.7 Å². The molecule has 0 spiro atoms. The summed E-state index contributed by atoms with van der Waals surface area (Å²) in [5, 5.41) is 7.85. The summed E-state index contributed by atoms with van der Waals surface area (Å²) in [6.45, 7) is 15.1. The van der Waals surface area contributed by atoms with Crippen molar-refractivity contribution in [1.29, 1.82) is 0 Å². The molecular formula is C27H34N8. The van der Waals surface area contributed by atoms with E-state index in [1.54, 1.807) is 0 Å². The molecule has 1 aliphatic rings. The molecule has 0 atom stereocenters. The van der Waals surface area contributed by atoms with Gasteiger partial charge in [-0.2, -0.15) is 5.10 Å². The Morgan fingerprint density at radius 3 is 2.29 bits per heavy atom. The topological polar surface area (TPSA) is 75.0 Å². The van der Waals surface area contributed by atoms with Gasteiger partial charge >= 0.3 is 0 Å². The minimum Gasteiger partial charge on any atom is -0.369 e. The largest absolute Gasteiger partial charge is 0.369 e. The van der Waals surface area contributed by atoms with Crippen LogP contribution in [-0.4, -0.2) is 61.9 Å². The van der Waals surface area contributed by atoms with Crippen molar-refractivity contribution in [2.24, 2.45) is 0 Å². The van der Waals surface area contributed by atoms with E-state index in [0.29, 0.717) is 12.0 Å². The zero-order valence-electron chi connectivity index (χ0n) is 21.2. The Hall–Kier alpha value is -3.52. The Morgan fingerprint density at radius 1 is 0.857 bits per heavy atom. The van der Waals surface area contributed by atoms with Crippen molar-refractivity contribution in [3.63, 3.8) is 0 Å². The highest BCUT2D eigenvalue weighted by molar-refractivity contribution is 5.80. The van der Waals surface area contributed by atoms with Crippen LogP contribution >= 0.6 is 0 Å². The Labute approximate surface area is 207 Å². The molecule has 1 saturated heterocycles. The van der Waals surface area contributed by atoms with Crippen molar-refractivity contribution in [1.82, 2.24) is 29.6 Å². The van der Waals surface area contributed by atoms with Crippen molar-refractivity contribution in [2.75, 3.05) is 36.4 Å². The maximum atomic E-state index is 4.83. The molecule has 8 nitrogen and oxygen atoms in total. The molecule has 0 saturated carbocycles. The summed E-state index contributed by atoms with van der Waals surface area (Å²) in [6.07, 6.45) is 5.53. The van der Waals surface area contributed by atoms with Crippen molar-refractivity contribution < 1.29 is 0 Å². The summed E-state index contributed by atoms with van der Waals surface area (Å²) >= 11 is 0. The number of pyridine rings is 1. The summed E-state index contributed by atoms with van der Waals surface area (Å²) in [7, 11) is 0. The van der Waals surface area contributed by atoms with Crippen LogP contribution in [0.3, 0.4) is 0 Å². The van der Waals surface area contributed by atoms with E-state index in [1.165, 1.54) is 5.69 Å². The quantitative estimate of drug-likeness (QED) is 0.422. The molecule has 1 fully saturated rings. The molecule has 35 heavy (non-hydrogen) atoms. The summed E-state index contributed by atoms with van der Waals surface area (Å²) in [5.41, 5.74) is 6.95. The first-order valence-electron chi connectivity index (χ1n) is 12.4. The molecule has 182 valence electrons.